The molecule has 3 N–H and O–H groups in total. The van der Waals surface area contributed by atoms with Crippen LogP contribution in [0.25, 0.3) is 0 Å². The number of anilines is 1. The van der Waals surface area contributed by atoms with Crippen LogP contribution >= 0.6 is 11.3 Å². The fourth-order valence-electron chi connectivity index (χ4n) is 2.70. The molecule has 2 heterocycles. The summed E-state index contributed by atoms with van der Waals surface area (Å²) in [6, 6.07) is 5.32. The van der Waals surface area contributed by atoms with E-state index in [-0.39, 0.29) is 18.0 Å². The molecule has 0 atom stereocenters. The number of amides is 2. The van der Waals surface area contributed by atoms with Crippen molar-refractivity contribution >= 4 is 28.3 Å². The monoisotopic (exact) mass is 362 g/mol. The summed E-state index contributed by atoms with van der Waals surface area (Å²) in [5, 5.41) is 9.00. The fraction of sp³-hybridized carbons (Fsp3) is 0.353. The molecular formula is C17H19FN4O2S. The van der Waals surface area contributed by atoms with E-state index in [1.807, 2.05) is 6.20 Å². The van der Waals surface area contributed by atoms with Gasteiger partial charge in [0.25, 0.3) is 5.91 Å². The Balaban J connectivity index is 1.49. The second kappa shape index (κ2) is 8.17. The zero-order chi connectivity index (χ0) is 17.6. The lowest BCUT2D eigenvalue weighted by Crippen LogP contribution is -2.32. The standard InChI is InChI=1S/C17H19FN4O2S/c18-13-3-1-2-12(8-13)16(24)20-10-15(23)22-17-21-9-14(25-17)11-4-6-19-7-5-11/h1-3,8-9,11,19H,4-7,10H2,(H,20,24)(H,21,22,23). The first kappa shape index (κ1) is 17.5. The van der Waals surface area contributed by atoms with Gasteiger partial charge in [-0.2, -0.15) is 0 Å². The number of thiazole rings is 1. The number of nitrogens with one attached hydrogen (secondary N) is 3. The molecule has 6 nitrogen and oxygen atoms in total. The van der Waals surface area contributed by atoms with Crippen LogP contribution in [0.5, 0.6) is 0 Å². The van der Waals surface area contributed by atoms with Crippen molar-refractivity contribution in [2.45, 2.75) is 18.8 Å². The summed E-state index contributed by atoms with van der Waals surface area (Å²) in [6.07, 6.45) is 3.94. The smallest absolute Gasteiger partial charge is 0.251 e. The van der Waals surface area contributed by atoms with Crippen molar-refractivity contribution in [3.05, 3.63) is 46.7 Å². The number of piperidine rings is 1. The molecule has 25 heavy (non-hydrogen) atoms. The summed E-state index contributed by atoms with van der Waals surface area (Å²) in [4.78, 5) is 29.2. The summed E-state index contributed by atoms with van der Waals surface area (Å²) in [5.74, 6) is -0.873. The third-order valence-electron chi connectivity index (χ3n) is 4.01. The van der Waals surface area contributed by atoms with Gasteiger partial charge in [-0.1, -0.05) is 6.07 Å². The quantitative estimate of drug-likeness (QED) is 0.761. The van der Waals surface area contributed by atoms with Crippen molar-refractivity contribution < 1.29 is 14.0 Å². The second-order valence-electron chi connectivity index (χ2n) is 5.83. The Labute approximate surface area is 148 Å². The van der Waals surface area contributed by atoms with Gasteiger partial charge in [-0.15, -0.1) is 11.3 Å². The molecule has 0 saturated carbocycles. The highest BCUT2D eigenvalue weighted by atomic mass is 32.1. The number of hydrogen-bond donors (Lipinski definition) is 3. The van der Waals surface area contributed by atoms with Crippen molar-refractivity contribution in [3.8, 4) is 0 Å². The molecule has 0 radical (unpaired) electrons. The molecule has 2 amide bonds. The molecule has 1 aromatic heterocycles. The highest BCUT2D eigenvalue weighted by Gasteiger charge is 2.18. The van der Waals surface area contributed by atoms with Crippen molar-refractivity contribution in [1.82, 2.24) is 15.6 Å². The normalized spacial score (nSPS) is 14.9. The van der Waals surface area contributed by atoms with Crippen molar-refractivity contribution in [2.75, 3.05) is 25.0 Å². The van der Waals surface area contributed by atoms with Gasteiger partial charge >= 0.3 is 0 Å². The van der Waals surface area contributed by atoms with E-state index in [2.05, 4.69) is 20.9 Å². The number of carbonyl (C=O) groups is 2. The Morgan fingerprint density at radius 1 is 1.32 bits per heavy atom. The maximum Gasteiger partial charge on any atom is 0.251 e. The van der Waals surface area contributed by atoms with Crippen LogP contribution in [0.1, 0.15) is 34.0 Å². The number of nitrogens with zero attached hydrogens (tertiary/aromatic N) is 1. The Morgan fingerprint density at radius 2 is 2.12 bits per heavy atom. The van der Waals surface area contributed by atoms with E-state index >= 15 is 0 Å². The molecule has 3 rings (SSSR count). The lowest BCUT2D eigenvalue weighted by atomic mass is 9.97. The average Bonchev–Trinajstić information content (AvgIpc) is 3.09. The predicted molar refractivity (Wildman–Crippen MR) is 94.3 cm³/mol. The summed E-state index contributed by atoms with van der Waals surface area (Å²) in [5.41, 5.74) is 0.176. The summed E-state index contributed by atoms with van der Waals surface area (Å²) in [7, 11) is 0. The zero-order valence-corrected chi connectivity index (χ0v) is 14.4. The van der Waals surface area contributed by atoms with E-state index in [9.17, 15) is 14.0 Å². The molecule has 1 fully saturated rings. The van der Waals surface area contributed by atoms with E-state index in [0.717, 1.165) is 32.0 Å². The largest absolute Gasteiger partial charge is 0.343 e. The lowest BCUT2D eigenvalue weighted by Gasteiger charge is -2.20. The van der Waals surface area contributed by atoms with Crippen molar-refractivity contribution in [1.29, 1.82) is 0 Å². The molecule has 0 bridgehead atoms. The maximum absolute atomic E-state index is 13.1. The van der Waals surface area contributed by atoms with Crippen molar-refractivity contribution in [2.24, 2.45) is 0 Å². The summed E-state index contributed by atoms with van der Waals surface area (Å²) < 4.78 is 13.1. The predicted octanol–water partition coefficient (Wildman–Crippen LogP) is 2.12. The number of hydrogen-bond acceptors (Lipinski definition) is 5. The zero-order valence-electron chi connectivity index (χ0n) is 13.5. The van der Waals surface area contributed by atoms with Crippen LogP contribution in [0.3, 0.4) is 0 Å². The molecule has 1 aliphatic heterocycles. The fourth-order valence-corrected chi connectivity index (χ4v) is 3.70. The molecule has 132 valence electrons. The Hall–Kier alpha value is -2.32. The molecule has 8 heteroatoms. The minimum absolute atomic E-state index is 0.176. The molecule has 2 aromatic rings. The molecular weight excluding hydrogens is 343 g/mol. The first-order chi connectivity index (χ1) is 12.1. The Kier molecular flexibility index (Phi) is 5.72. The van der Waals surface area contributed by atoms with Crippen molar-refractivity contribution in [3.63, 3.8) is 0 Å². The minimum Gasteiger partial charge on any atom is -0.343 e. The SMILES string of the molecule is O=C(CNC(=O)c1cccc(F)c1)Nc1ncc(C2CCNCC2)s1. The van der Waals surface area contributed by atoms with E-state index in [0.29, 0.717) is 11.0 Å². The summed E-state index contributed by atoms with van der Waals surface area (Å²) >= 11 is 1.47. The number of aromatic nitrogens is 1. The van der Waals surface area contributed by atoms with Gasteiger partial charge in [0.15, 0.2) is 5.13 Å². The third-order valence-corrected chi connectivity index (χ3v) is 5.08. The Morgan fingerprint density at radius 3 is 2.88 bits per heavy atom. The second-order valence-corrected chi connectivity index (χ2v) is 6.90. The minimum atomic E-state index is -0.496. The third kappa shape index (κ3) is 4.83. The molecule has 1 aliphatic rings. The molecule has 0 spiro atoms. The number of halogens is 1. The van der Waals surface area contributed by atoms with Crippen LogP contribution in [-0.2, 0) is 4.79 Å². The van der Waals surface area contributed by atoms with E-state index in [1.54, 1.807) is 0 Å². The molecule has 0 aliphatic carbocycles. The van der Waals surface area contributed by atoms with Gasteiger partial charge in [0.2, 0.25) is 5.91 Å². The number of rotatable bonds is 5. The van der Waals surface area contributed by atoms with Gasteiger partial charge in [-0.25, -0.2) is 9.37 Å². The topological polar surface area (TPSA) is 83.1 Å². The maximum atomic E-state index is 13.1. The Bertz CT molecular complexity index is 759. The highest BCUT2D eigenvalue weighted by molar-refractivity contribution is 7.15. The van der Waals surface area contributed by atoms with Gasteiger partial charge in [-0.3, -0.25) is 9.59 Å². The van der Waals surface area contributed by atoms with Gasteiger partial charge in [0, 0.05) is 16.6 Å². The first-order valence-corrected chi connectivity index (χ1v) is 8.93. The highest BCUT2D eigenvalue weighted by Crippen LogP contribution is 2.31. The van der Waals surface area contributed by atoms with Gasteiger partial charge < -0.3 is 16.0 Å². The molecule has 1 aromatic carbocycles. The van der Waals surface area contributed by atoms with Gasteiger partial charge in [0.1, 0.15) is 5.82 Å². The lowest BCUT2D eigenvalue weighted by molar-refractivity contribution is -0.115. The average molecular weight is 362 g/mol. The first-order valence-electron chi connectivity index (χ1n) is 8.12. The van der Waals surface area contributed by atoms with Crippen LogP contribution in [-0.4, -0.2) is 36.4 Å². The van der Waals surface area contributed by atoms with Gasteiger partial charge in [-0.05, 0) is 50.0 Å². The van der Waals surface area contributed by atoms with Crippen LogP contribution in [0, 0.1) is 5.82 Å². The van der Waals surface area contributed by atoms with Gasteiger partial charge in [0.05, 0.1) is 6.54 Å². The van der Waals surface area contributed by atoms with Crippen LogP contribution in [0.15, 0.2) is 30.5 Å². The molecule has 0 unspecified atom stereocenters. The van der Waals surface area contributed by atoms with Crippen LogP contribution in [0.4, 0.5) is 9.52 Å². The van der Waals surface area contributed by atoms with Crippen LogP contribution < -0.4 is 16.0 Å². The van der Waals surface area contributed by atoms with Crippen LogP contribution in [0.2, 0.25) is 0 Å². The van der Waals surface area contributed by atoms with E-state index in [1.165, 1.54) is 34.4 Å². The molecule has 1 saturated heterocycles. The summed E-state index contributed by atoms with van der Waals surface area (Å²) in [6.45, 7) is 1.80. The number of benzene rings is 1. The van der Waals surface area contributed by atoms with E-state index < -0.39 is 11.7 Å². The number of carbonyl (C=O) groups excluding carboxylic acids is 2. The van der Waals surface area contributed by atoms with E-state index in [4.69, 9.17) is 0 Å².